The maximum atomic E-state index is 5.40. The number of ether oxygens (including phenoxy) is 3. The van der Waals surface area contributed by atoms with Gasteiger partial charge in [0, 0.05) is 31.3 Å². The van der Waals surface area contributed by atoms with Gasteiger partial charge in [-0.1, -0.05) is 18.2 Å². The fraction of sp³-hybridized carbons (Fsp3) is 0.400. The van der Waals surface area contributed by atoms with Crippen LogP contribution in [0.4, 0.5) is 0 Å². The maximum Gasteiger partial charge on any atom is 0.127 e. The third kappa shape index (κ3) is 6.29. The lowest BCUT2D eigenvalue weighted by Gasteiger charge is -2.11. The van der Waals surface area contributed by atoms with Crippen LogP contribution in [0.25, 0.3) is 0 Å². The van der Waals surface area contributed by atoms with Gasteiger partial charge in [-0.05, 0) is 36.7 Å². The summed E-state index contributed by atoms with van der Waals surface area (Å²) in [7, 11) is 5.02. The monoisotopic (exact) mass is 344 g/mol. The van der Waals surface area contributed by atoms with Gasteiger partial charge in [-0.25, -0.2) is 0 Å². The molecule has 2 rings (SSSR count). The molecule has 0 aliphatic carbocycles. The first-order valence-corrected chi connectivity index (χ1v) is 8.52. The topological polar surface area (TPSA) is 51.8 Å². The van der Waals surface area contributed by atoms with Gasteiger partial charge >= 0.3 is 0 Å². The van der Waals surface area contributed by atoms with Gasteiger partial charge < -0.3 is 24.8 Å². The summed E-state index contributed by atoms with van der Waals surface area (Å²) in [5.41, 5.74) is 2.44. The molecule has 136 valence electrons. The summed E-state index contributed by atoms with van der Waals surface area (Å²) in [6, 6.07) is 14.1. The lowest BCUT2D eigenvalue weighted by molar-refractivity contribution is 0.390. The summed E-state index contributed by atoms with van der Waals surface area (Å²) in [4.78, 5) is 0. The minimum atomic E-state index is 0.771. The highest BCUT2D eigenvalue weighted by atomic mass is 16.5. The van der Waals surface area contributed by atoms with Crippen LogP contribution in [0.15, 0.2) is 42.5 Å². The van der Waals surface area contributed by atoms with E-state index in [1.54, 1.807) is 21.3 Å². The van der Waals surface area contributed by atoms with Crippen LogP contribution in [-0.2, 0) is 13.0 Å². The maximum absolute atomic E-state index is 5.40. The van der Waals surface area contributed by atoms with E-state index in [1.807, 2.05) is 30.3 Å². The van der Waals surface area contributed by atoms with Crippen molar-refractivity contribution in [3.8, 4) is 17.2 Å². The zero-order valence-corrected chi connectivity index (χ0v) is 15.3. The molecule has 0 unspecified atom stereocenters. The first-order chi connectivity index (χ1) is 12.3. The standard InChI is InChI=1S/C20H28N2O3/c1-23-18-7-4-16(5-8-18)10-11-21-12-13-22-15-17-6-9-19(24-2)14-20(17)25-3/h4-9,14,21-22H,10-13,15H2,1-3H3. The van der Waals surface area contributed by atoms with Crippen LogP contribution in [0.2, 0.25) is 0 Å². The number of rotatable bonds is 11. The van der Waals surface area contributed by atoms with Gasteiger partial charge in [-0.3, -0.25) is 0 Å². The molecule has 0 saturated carbocycles. The summed E-state index contributed by atoms with van der Waals surface area (Å²) in [6.45, 7) is 3.56. The van der Waals surface area contributed by atoms with Crippen LogP contribution in [0.3, 0.4) is 0 Å². The molecule has 0 spiro atoms. The van der Waals surface area contributed by atoms with E-state index < -0.39 is 0 Å². The Morgan fingerprint density at radius 2 is 1.40 bits per heavy atom. The summed E-state index contributed by atoms with van der Waals surface area (Å²) < 4.78 is 15.8. The van der Waals surface area contributed by atoms with E-state index in [0.29, 0.717) is 0 Å². The van der Waals surface area contributed by atoms with Crippen LogP contribution in [0.5, 0.6) is 17.2 Å². The summed E-state index contributed by atoms with van der Waals surface area (Å²) in [6.07, 6.45) is 1.01. The molecule has 5 heteroatoms. The van der Waals surface area contributed by atoms with E-state index in [4.69, 9.17) is 14.2 Å². The highest BCUT2D eigenvalue weighted by Gasteiger charge is 2.04. The molecule has 0 atom stereocenters. The lowest BCUT2D eigenvalue weighted by atomic mass is 10.1. The number of benzene rings is 2. The second-order valence-electron chi connectivity index (χ2n) is 5.70. The molecule has 0 fully saturated rings. The number of hydrogen-bond donors (Lipinski definition) is 2. The molecule has 0 aliphatic rings. The first kappa shape index (κ1) is 19.1. The molecule has 0 saturated heterocycles. The Morgan fingerprint density at radius 1 is 0.720 bits per heavy atom. The first-order valence-electron chi connectivity index (χ1n) is 8.52. The third-order valence-corrected chi connectivity index (χ3v) is 4.04. The van der Waals surface area contributed by atoms with Gasteiger partial charge in [-0.2, -0.15) is 0 Å². The molecule has 0 aromatic heterocycles. The molecular weight excluding hydrogens is 316 g/mol. The third-order valence-electron chi connectivity index (χ3n) is 4.04. The molecule has 2 N–H and O–H groups in total. The van der Waals surface area contributed by atoms with Gasteiger partial charge in [0.15, 0.2) is 0 Å². The Bertz CT molecular complexity index is 629. The van der Waals surface area contributed by atoms with Gasteiger partial charge in [0.1, 0.15) is 17.2 Å². The van der Waals surface area contributed by atoms with Crippen LogP contribution >= 0.6 is 0 Å². The van der Waals surface area contributed by atoms with Gasteiger partial charge in [-0.15, -0.1) is 0 Å². The minimum Gasteiger partial charge on any atom is -0.497 e. The Kier molecular flexibility index (Phi) is 8.09. The Labute approximate surface area is 150 Å². The summed E-state index contributed by atoms with van der Waals surface area (Å²) in [5.74, 6) is 2.55. The molecule has 2 aromatic carbocycles. The van der Waals surface area contributed by atoms with Gasteiger partial charge in [0.25, 0.3) is 0 Å². The second kappa shape index (κ2) is 10.6. The summed E-state index contributed by atoms with van der Waals surface area (Å²) in [5, 5.41) is 6.88. The molecule has 0 aliphatic heterocycles. The molecule has 0 bridgehead atoms. The lowest BCUT2D eigenvalue weighted by Crippen LogP contribution is -2.28. The predicted octanol–water partition coefficient (Wildman–Crippen LogP) is 2.63. The average Bonchev–Trinajstić information content (AvgIpc) is 2.67. The van der Waals surface area contributed by atoms with Gasteiger partial charge in [0.2, 0.25) is 0 Å². The zero-order chi connectivity index (χ0) is 17.9. The average molecular weight is 344 g/mol. The highest BCUT2D eigenvalue weighted by molar-refractivity contribution is 5.40. The van der Waals surface area contributed by atoms with Crippen molar-refractivity contribution in [1.82, 2.24) is 10.6 Å². The van der Waals surface area contributed by atoms with E-state index in [-0.39, 0.29) is 0 Å². The highest BCUT2D eigenvalue weighted by Crippen LogP contribution is 2.24. The van der Waals surface area contributed by atoms with Crippen molar-refractivity contribution in [2.75, 3.05) is 41.0 Å². The molecule has 0 heterocycles. The quantitative estimate of drug-likeness (QED) is 0.614. The van der Waals surface area contributed by atoms with Crippen molar-refractivity contribution in [2.24, 2.45) is 0 Å². The van der Waals surface area contributed by atoms with Crippen molar-refractivity contribution in [1.29, 1.82) is 0 Å². The van der Waals surface area contributed by atoms with E-state index in [2.05, 4.69) is 22.8 Å². The van der Waals surface area contributed by atoms with Crippen molar-refractivity contribution < 1.29 is 14.2 Å². The minimum absolute atomic E-state index is 0.771. The molecule has 25 heavy (non-hydrogen) atoms. The van der Waals surface area contributed by atoms with Crippen LogP contribution in [0.1, 0.15) is 11.1 Å². The van der Waals surface area contributed by atoms with Crippen molar-refractivity contribution in [3.05, 3.63) is 53.6 Å². The fourth-order valence-corrected chi connectivity index (χ4v) is 2.55. The molecule has 5 nitrogen and oxygen atoms in total. The van der Waals surface area contributed by atoms with Gasteiger partial charge in [0.05, 0.1) is 21.3 Å². The Morgan fingerprint density at radius 3 is 2.08 bits per heavy atom. The number of hydrogen-bond acceptors (Lipinski definition) is 5. The van der Waals surface area contributed by atoms with E-state index in [0.717, 1.165) is 55.4 Å². The normalized spacial score (nSPS) is 10.5. The van der Waals surface area contributed by atoms with Crippen molar-refractivity contribution in [3.63, 3.8) is 0 Å². The van der Waals surface area contributed by atoms with Crippen molar-refractivity contribution >= 4 is 0 Å². The number of nitrogens with one attached hydrogen (secondary N) is 2. The predicted molar refractivity (Wildman–Crippen MR) is 101 cm³/mol. The van der Waals surface area contributed by atoms with E-state index in [1.165, 1.54) is 5.56 Å². The zero-order valence-electron chi connectivity index (χ0n) is 15.3. The fourth-order valence-electron chi connectivity index (χ4n) is 2.55. The van der Waals surface area contributed by atoms with E-state index >= 15 is 0 Å². The van der Waals surface area contributed by atoms with E-state index in [9.17, 15) is 0 Å². The summed E-state index contributed by atoms with van der Waals surface area (Å²) >= 11 is 0. The number of methoxy groups -OCH3 is 3. The second-order valence-corrected chi connectivity index (χ2v) is 5.70. The molecular formula is C20H28N2O3. The van der Waals surface area contributed by atoms with Crippen molar-refractivity contribution in [2.45, 2.75) is 13.0 Å². The smallest absolute Gasteiger partial charge is 0.127 e. The molecule has 2 aromatic rings. The van der Waals surface area contributed by atoms with Crippen LogP contribution < -0.4 is 24.8 Å². The van der Waals surface area contributed by atoms with Crippen LogP contribution in [-0.4, -0.2) is 41.0 Å². The molecule has 0 radical (unpaired) electrons. The Balaban J connectivity index is 1.61. The SMILES string of the molecule is COc1ccc(CCNCCNCc2ccc(OC)cc2OC)cc1. The molecule has 0 amide bonds. The largest absolute Gasteiger partial charge is 0.497 e. The van der Waals surface area contributed by atoms with Crippen LogP contribution in [0, 0.1) is 0 Å². The Hall–Kier alpha value is -2.24.